The Morgan fingerprint density at radius 3 is 3.21 bits per heavy atom. The molecule has 3 aliphatic rings. The fraction of sp³-hybridized carbons (Fsp3) is 0.500. The summed E-state index contributed by atoms with van der Waals surface area (Å²) in [4.78, 5) is 0.989. The van der Waals surface area contributed by atoms with Crippen molar-refractivity contribution in [1.82, 2.24) is 0 Å². The first-order chi connectivity index (χ1) is 6.93. The van der Waals surface area contributed by atoms with Crippen molar-refractivity contribution in [1.29, 1.82) is 0 Å². The summed E-state index contributed by atoms with van der Waals surface area (Å²) in [6.07, 6.45) is 8.23. The van der Waals surface area contributed by atoms with Gasteiger partial charge in [-0.05, 0) is 0 Å². The van der Waals surface area contributed by atoms with Crippen LogP contribution < -0.4 is 0 Å². The molecule has 2 heterocycles. The van der Waals surface area contributed by atoms with Gasteiger partial charge in [-0.3, -0.25) is 0 Å². The molecule has 0 saturated heterocycles. The Morgan fingerprint density at radius 1 is 1.29 bits per heavy atom. The second-order valence-electron chi connectivity index (χ2n) is 4.55. The van der Waals surface area contributed by atoms with E-state index in [0.717, 1.165) is 37.5 Å². The summed E-state index contributed by atoms with van der Waals surface area (Å²) in [6.45, 7) is 0. The van der Waals surface area contributed by atoms with Crippen molar-refractivity contribution in [3.63, 3.8) is 0 Å². The summed E-state index contributed by atoms with van der Waals surface area (Å²) < 4.78 is 5.56. The molecule has 4 atom stereocenters. The van der Waals surface area contributed by atoms with E-state index in [0.29, 0.717) is 0 Å². The van der Waals surface area contributed by atoms with Gasteiger partial charge in [-0.15, -0.1) is 0 Å². The monoisotopic (exact) mass is 252 g/mol. The quantitative estimate of drug-likeness (QED) is 0.510. The summed E-state index contributed by atoms with van der Waals surface area (Å²) in [5, 5.41) is 1.23. The Bertz CT molecular complexity index is 406. The summed E-state index contributed by atoms with van der Waals surface area (Å²) >= 11 is 0.777. The molecule has 1 aromatic heterocycles. The van der Waals surface area contributed by atoms with Gasteiger partial charge in [0.25, 0.3) is 0 Å². The standard InChI is InChI=1S/C12H12OSe/c1-2-8-5-7(1)11-9-3-4-13-10(9)6-14-12(8)11/h1-4,7-8,11-12H,5-6H2/t7-,8+,11-,12-/m1/s1. The van der Waals surface area contributed by atoms with Gasteiger partial charge in [0.1, 0.15) is 0 Å². The molecule has 14 heavy (non-hydrogen) atoms. The van der Waals surface area contributed by atoms with Crippen LogP contribution in [0.3, 0.4) is 0 Å². The van der Waals surface area contributed by atoms with Crippen LogP contribution in [0.25, 0.3) is 0 Å². The van der Waals surface area contributed by atoms with Crippen LogP contribution in [0.15, 0.2) is 28.9 Å². The molecule has 1 aliphatic heterocycles. The van der Waals surface area contributed by atoms with E-state index in [9.17, 15) is 0 Å². The van der Waals surface area contributed by atoms with Gasteiger partial charge in [-0.25, -0.2) is 0 Å². The maximum atomic E-state index is 5.56. The third kappa shape index (κ3) is 0.820. The van der Waals surface area contributed by atoms with Crippen LogP contribution in [0.5, 0.6) is 0 Å². The van der Waals surface area contributed by atoms with Crippen molar-refractivity contribution >= 4 is 15.0 Å². The van der Waals surface area contributed by atoms with Crippen LogP contribution in [0.2, 0.25) is 4.82 Å². The van der Waals surface area contributed by atoms with E-state index in [1.165, 1.54) is 17.5 Å². The normalized spacial score (nSPS) is 42.6. The first-order valence-corrected chi connectivity index (χ1v) is 7.50. The predicted molar refractivity (Wildman–Crippen MR) is 55.4 cm³/mol. The molecule has 1 fully saturated rings. The molecular formula is C12H12OSe. The van der Waals surface area contributed by atoms with Crippen molar-refractivity contribution in [3.8, 4) is 0 Å². The van der Waals surface area contributed by atoms with E-state index in [-0.39, 0.29) is 0 Å². The maximum absolute atomic E-state index is 5.56. The number of hydrogen-bond donors (Lipinski definition) is 0. The van der Waals surface area contributed by atoms with Crippen LogP contribution in [-0.2, 0) is 5.32 Å². The van der Waals surface area contributed by atoms with Gasteiger partial charge in [0, 0.05) is 0 Å². The molecular weight excluding hydrogens is 239 g/mol. The molecule has 0 radical (unpaired) electrons. The molecule has 0 aromatic carbocycles. The Hall–Kier alpha value is -0.461. The topological polar surface area (TPSA) is 13.1 Å². The zero-order valence-corrected chi connectivity index (χ0v) is 9.56. The van der Waals surface area contributed by atoms with Crippen molar-refractivity contribution in [2.45, 2.75) is 22.5 Å². The number of hydrogen-bond acceptors (Lipinski definition) is 1. The SMILES string of the molecule is C1=C[C@H]2C[C@@H]1[C@@H]1c3ccoc3C[Se][C@@H]12. The number of furan rings is 1. The zero-order valence-electron chi connectivity index (χ0n) is 7.85. The second kappa shape index (κ2) is 2.56. The van der Waals surface area contributed by atoms with Crippen LogP contribution in [-0.4, -0.2) is 15.0 Å². The molecule has 4 rings (SSSR count). The molecule has 2 heteroatoms. The number of rotatable bonds is 0. The molecule has 1 aromatic rings. The summed E-state index contributed by atoms with van der Waals surface area (Å²) in [5.41, 5.74) is 1.54. The molecule has 1 saturated carbocycles. The van der Waals surface area contributed by atoms with Crippen molar-refractivity contribution in [3.05, 3.63) is 35.8 Å². The number of allylic oxidation sites excluding steroid dienone is 2. The average Bonchev–Trinajstić information content (AvgIpc) is 2.92. The van der Waals surface area contributed by atoms with Crippen LogP contribution in [0.1, 0.15) is 23.7 Å². The molecule has 0 N–H and O–H groups in total. The van der Waals surface area contributed by atoms with Crippen molar-refractivity contribution in [2.24, 2.45) is 11.8 Å². The van der Waals surface area contributed by atoms with Gasteiger partial charge in [-0.1, -0.05) is 0 Å². The van der Waals surface area contributed by atoms with Gasteiger partial charge in [0.15, 0.2) is 0 Å². The Kier molecular flexibility index (Phi) is 1.42. The number of fused-ring (bicyclic) bond motifs is 7. The van der Waals surface area contributed by atoms with E-state index in [2.05, 4.69) is 18.2 Å². The Morgan fingerprint density at radius 2 is 2.21 bits per heavy atom. The predicted octanol–water partition coefficient (Wildman–Crippen LogP) is 2.58. The van der Waals surface area contributed by atoms with E-state index >= 15 is 0 Å². The van der Waals surface area contributed by atoms with Crippen molar-refractivity contribution in [2.75, 3.05) is 0 Å². The van der Waals surface area contributed by atoms with E-state index in [1.807, 2.05) is 6.26 Å². The first-order valence-electron chi connectivity index (χ1n) is 5.29. The summed E-state index contributed by atoms with van der Waals surface area (Å²) in [5.74, 6) is 3.87. The van der Waals surface area contributed by atoms with Gasteiger partial charge >= 0.3 is 89.5 Å². The third-order valence-corrected chi connectivity index (χ3v) is 6.99. The van der Waals surface area contributed by atoms with Gasteiger partial charge < -0.3 is 0 Å². The fourth-order valence-electron chi connectivity index (χ4n) is 3.35. The van der Waals surface area contributed by atoms with Crippen LogP contribution in [0.4, 0.5) is 0 Å². The van der Waals surface area contributed by atoms with Crippen molar-refractivity contribution < 1.29 is 4.42 Å². The van der Waals surface area contributed by atoms with Gasteiger partial charge in [-0.2, -0.15) is 0 Å². The fourth-order valence-corrected chi connectivity index (χ4v) is 6.67. The summed E-state index contributed by atoms with van der Waals surface area (Å²) in [7, 11) is 0. The molecule has 2 aliphatic carbocycles. The van der Waals surface area contributed by atoms with E-state index in [4.69, 9.17) is 4.42 Å². The Balaban J connectivity index is 1.87. The molecule has 0 spiro atoms. The van der Waals surface area contributed by atoms with Gasteiger partial charge in [0.2, 0.25) is 0 Å². The minimum absolute atomic E-state index is 0.777. The van der Waals surface area contributed by atoms with E-state index in [1.54, 1.807) is 5.56 Å². The van der Waals surface area contributed by atoms with Crippen LogP contribution >= 0.6 is 0 Å². The average molecular weight is 251 g/mol. The zero-order chi connectivity index (χ0) is 9.12. The first kappa shape index (κ1) is 7.78. The van der Waals surface area contributed by atoms with Crippen LogP contribution in [0, 0.1) is 11.8 Å². The summed E-state index contributed by atoms with van der Waals surface area (Å²) in [6, 6.07) is 2.22. The van der Waals surface area contributed by atoms with Gasteiger partial charge in [0.05, 0.1) is 0 Å². The second-order valence-corrected chi connectivity index (χ2v) is 7.00. The molecule has 1 nitrogen and oxygen atoms in total. The molecule has 0 unspecified atom stereocenters. The molecule has 0 amide bonds. The van der Waals surface area contributed by atoms with E-state index < -0.39 is 0 Å². The third-order valence-electron chi connectivity index (χ3n) is 3.93. The Labute approximate surface area is 89.7 Å². The molecule has 2 bridgehead atoms. The molecule has 72 valence electrons. The minimum atomic E-state index is 0.777.